The minimum absolute atomic E-state index is 0.00674. The van der Waals surface area contributed by atoms with Crippen molar-refractivity contribution in [2.24, 2.45) is 0 Å². The van der Waals surface area contributed by atoms with E-state index in [1.54, 1.807) is 7.11 Å². The molecule has 25 heavy (non-hydrogen) atoms. The number of nitrogens with zero attached hydrogens (tertiary/aromatic N) is 1. The van der Waals surface area contributed by atoms with Gasteiger partial charge in [-0.2, -0.15) is 0 Å². The molecule has 1 unspecified atom stereocenters. The number of carbonyl (C=O) groups is 3. The summed E-state index contributed by atoms with van der Waals surface area (Å²) in [6, 6.07) is 7.05. The topological polar surface area (TPSA) is 99.8 Å². The molecule has 1 aromatic carbocycles. The molecule has 3 N–H and O–H groups in total. The molecule has 0 spiro atoms. The molecule has 0 radical (unpaired) electrons. The van der Waals surface area contributed by atoms with Crippen LogP contribution in [0.2, 0.25) is 0 Å². The van der Waals surface area contributed by atoms with E-state index >= 15 is 0 Å². The van der Waals surface area contributed by atoms with Gasteiger partial charge < -0.3 is 20.7 Å². The number of methoxy groups -OCH3 is 1. The van der Waals surface area contributed by atoms with Crippen molar-refractivity contribution >= 4 is 17.7 Å². The lowest BCUT2D eigenvalue weighted by atomic mass is 10.1. The molecule has 1 fully saturated rings. The van der Waals surface area contributed by atoms with Crippen LogP contribution < -0.4 is 20.7 Å². The maximum atomic E-state index is 12.2. The first-order chi connectivity index (χ1) is 12.0. The van der Waals surface area contributed by atoms with Gasteiger partial charge in [-0.25, -0.2) is 0 Å². The van der Waals surface area contributed by atoms with Gasteiger partial charge >= 0.3 is 0 Å². The zero-order valence-corrected chi connectivity index (χ0v) is 14.5. The maximum Gasteiger partial charge on any atom is 0.239 e. The van der Waals surface area contributed by atoms with Gasteiger partial charge in [0.15, 0.2) is 0 Å². The summed E-state index contributed by atoms with van der Waals surface area (Å²) in [4.78, 5) is 37.4. The molecule has 8 nitrogen and oxygen atoms in total. The van der Waals surface area contributed by atoms with Crippen molar-refractivity contribution in [3.63, 3.8) is 0 Å². The van der Waals surface area contributed by atoms with Gasteiger partial charge in [0.05, 0.1) is 26.1 Å². The average Bonchev–Trinajstić information content (AvgIpc) is 2.62. The van der Waals surface area contributed by atoms with Crippen molar-refractivity contribution in [3.8, 4) is 5.75 Å². The van der Waals surface area contributed by atoms with Crippen molar-refractivity contribution in [3.05, 3.63) is 29.8 Å². The summed E-state index contributed by atoms with van der Waals surface area (Å²) in [6.45, 7) is 1.63. The Kier molecular flexibility index (Phi) is 6.76. The third-order valence-electron chi connectivity index (χ3n) is 4.07. The normalized spacial score (nSPS) is 17.5. The van der Waals surface area contributed by atoms with Crippen LogP contribution in [-0.2, 0) is 20.9 Å². The summed E-state index contributed by atoms with van der Waals surface area (Å²) >= 11 is 0. The van der Waals surface area contributed by atoms with E-state index < -0.39 is 6.04 Å². The van der Waals surface area contributed by atoms with Crippen LogP contribution in [0.4, 0.5) is 0 Å². The first-order valence-electron chi connectivity index (χ1n) is 8.15. The van der Waals surface area contributed by atoms with E-state index in [0.29, 0.717) is 19.6 Å². The minimum Gasteiger partial charge on any atom is -0.497 e. The number of nitrogens with one attached hydrogen (secondary N) is 3. The largest absolute Gasteiger partial charge is 0.497 e. The van der Waals surface area contributed by atoms with E-state index in [0.717, 1.165) is 11.3 Å². The molecular weight excluding hydrogens is 324 g/mol. The summed E-state index contributed by atoms with van der Waals surface area (Å²) in [6.07, 6.45) is 0.00674. The van der Waals surface area contributed by atoms with Crippen LogP contribution in [0.5, 0.6) is 5.75 Å². The Bertz CT molecular complexity index is 635. The van der Waals surface area contributed by atoms with Gasteiger partial charge in [-0.15, -0.1) is 0 Å². The first-order valence-corrected chi connectivity index (χ1v) is 8.15. The molecule has 0 bridgehead atoms. The highest BCUT2D eigenvalue weighted by atomic mass is 16.5. The molecular formula is C17H24N4O4. The highest BCUT2D eigenvalue weighted by Gasteiger charge is 2.31. The van der Waals surface area contributed by atoms with Crippen molar-refractivity contribution in [2.45, 2.75) is 19.0 Å². The van der Waals surface area contributed by atoms with Gasteiger partial charge in [-0.1, -0.05) is 12.1 Å². The zero-order chi connectivity index (χ0) is 18.2. The SMILES string of the molecule is CNC(=O)CNC(=O)CC1C(=O)NCCN1Cc1cccc(OC)c1. The van der Waals surface area contributed by atoms with Crippen LogP contribution >= 0.6 is 0 Å². The van der Waals surface area contributed by atoms with Gasteiger partial charge in [-0.3, -0.25) is 19.3 Å². The molecule has 0 saturated carbocycles. The van der Waals surface area contributed by atoms with Gasteiger partial charge in [0.25, 0.3) is 0 Å². The Labute approximate surface area is 146 Å². The second-order valence-electron chi connectivity index (χ2n) is 5.78. The predicted molar refractivity (Wildman–Crippen MR) is 91.9 cm³/mol. The van der Waals surface area contributed by atoms with Crippen LogP contribution in [0.1, 0.15) is 12.0 Å². The highest BCUT2D eigenvalue weighted by Crippen LogP contribution is 2.17. The maximum absolute atomic E-state index is 12.2. The second kappa shape index (κ2) is 9.03. The molecule has 3 amide bonds. The van der Waals surface area contributed by atoms with Crippen molar-refractivity contribution < 1.29 is 19.1 Å². The third kappa shape index (κ3) is 5.46. The summed E-state index contributed by atoms with van der Waals surface area (Å²) in [7, 11) is 3.10. The third-order valence-corrected chi connectivity index (χ3v) is 4.07. The Morgan fingerprint density at radius 3 is 2.88 bits per heavy atom. The zero-order valence-electron chi connectivity index (χ0n) is 14.5. The van der Waals surface area contributed by atoms with E-state index in [4.69, 9.17) is 4.74 Å². The Balaban J connectivity index is 2.00. The Morgan fingerprint density at radius 2 is 2.16 bits per heavy atom. The van der Waals surface area contributed by atoms with E-state index in [1.807, 2.05) is 29.2 Å². The quantitative estimate of drug-likeness (QED) is 0.602. The lowest BCUT2D eigenvalue weighted by Gasteiger charge is -2.34. The number of likely N-dealkylation sites (N-methyl/N-ethyl adjacent to an activating group) is 1. The standard InChI is InChI=1S/C17H24N4O4/c1-18-16(23)10-20-15(22)9-14-17(24)19-6-7-21(14)11-12-4-3-5-13(8-12)25-2/h3-5,8,14H,6-7,9-11H2,1-2H3,(H,18,23)(H,19,24)(H,20,22). The second-order valence-corrected chi connectivity index (χ2v) is 5.78. The predicted octanol–water partition coefficient (Wildman–Crippen LogP) is -0.752. The summed E-state index contributed by atoms with van der Waals surface area (Å²) in [5.41, 5.74) is 1.00. The molecule has 1 aromatic rings. The molecule has 1 heterocycles. The van der Waals surface area contributed by atoms with E-state index in [-0.39, 0.29) is 30.7 Å². The number of amides is 3. The molecule has 0 aromatic heterocycles. The molecule has 8 heteroatoms. The van der Waals surface area contributed by atoms with E-state index in [2.05, 4.69) is 16.0 Å². The highest BCUT2D eigenvalue weighted by molar-refractivity contribution is 5.90. The molecule has 1 atom stereocenters. The van der Waals surface area contributed by atoms with Gasteiger partial charge in [0.1, 0.15) is 5.75 Å². The van der Waals surface area contributed by atoms with Gasteiger partial charge in [0, 0.05) is 26.7 Å². The fraction of sp³-hybridized carbons (Fsp3) is 0.471. The number of ether oxygens (including phenoxy) is 1. The number of hydrogen-bond acceptors (Lipinski definition) is 5. The summed E-state index contributed by atoms with van der Waals surface area (Å²) in [5, 5.41) is 7.74. The van der Waals surface area contributed by atoms with Crippen molar-refractivity contribution in [1.82, 2.24) is 20.9 Å². The minimum atomic E-state index is -0.565. The van der Waals surface area contributed by atoms with Gasteiger partial charge in [0.2, 0.25) is 17.7 Å². The lowest BCUT2D eigenvalue weighted by molar-refractivity contribution is -0.134. The Hall–Kier alpha value is -2.61. The van der Waals surface area contributed by atoms with Crippen LogP contribution in [-0.4, -0.2) is 62.5 Å². The number of piperazine rings is 1. The fourth-order valence-electron chi connectivity index (χ4n) is 2.69. The molecule has 1 aliphatic rings. The van der Waals surface area contributed by atoms with Gasteiger partial charge in [-0.05, 0) is 17.7 Å². The number of carbonyl (C=O) groups excluding carboxylic acids is 3. The van der Waals surface area contributed by atoms with Crippen molar-refractivity contribution in [1.29, 1.82) is 0 Å². The van der Waals surface area contributed by atoms with E-state index in [1.165, 1.54) is 7.05 Å². The summed E-state index contributed by atoms with van der Waals surface area (Å²) in [5.74, 6) is -0.0426. The molecule has 1 saturated heterocycles. The first kappa shape index (κ1) is 18.7. The summed E-state index contributed by atoms with van der Waals surface area (Å²) < 4.78 is 5.22. The van der Waals surface area contributed by atoms with Crippen molar-refractivity contribution in [2.75, 3.05) is 33.8 Å². The fourth-order valence-corrected chi connectivity index (χ4v) is 2.69. The van der Waals surface area contributed by atoms with Crippen LogP contribution in [0.15, 0.2) is 24.3 Å². The smallest absolute Gasteiger partial charge is 0.239 e. The molecule has 2 rings (SSSR count). The number of hydrogen-bond donors (Lipinski definition) is 3. The average molecular weight is 348 g/mol. The van der Waals surface area contributed by atoms with E-state index in [9.17, 15) is 14.4 Å². The monoisotopic (exact) mass is 348 g/mol. The van der Waals surface area contributed by atoms with Crippen LogP contribution in [0.25, 0.3) is 0 Å². The molecule has 1 aliphatic heterocycles. The van der Waals surface area contributed by atoms with Crippen LogP contribution in [0, 0.1) is 0 Å². The Morgan fingerprint density at radius 1 is 1.36 bits per heavy atom. The number of rotatable bonds is 7. The molecule has 136 valence electrons. The number of benzene rings is 1. The van der Waals surface area contributed by atoms with Crippen LogP contribution in [0.3, 0.4) is 0 Å². The lowest BCUT2D eigenvalue weighted by Crippen LogP contribution is -2.56. The molecule has 0 aliphatic carbocycles.